The van der Waals surface area contributed by atoms with Gasteiger partial charge in [0.15, 0.2) is 0 Å². The second kappa shape index (κ2) is 37.8. The van der Waals surface area contributed by atoms with E-state index < -0.39 is 20.0 Å². The Kier molecular flexibility index (Phi) is 37.3. The molecule has 54 heavy (non-hydrogen) atoms. The quantitative estimate of drug-likeness (QED) is 0.0246. The van der Waals surface area contributed by atoms with E-state index in [1.165, 1.54) is 161 Å². The molecular weight excluding hydrogens is 695 g/mol. The normalized spacial score (nSPS) is 14.4. The fourth-order valence-corrected chi connectivity index (χ4v) is 7.54. The average Bonchev–Trinajstić information content (AvgIpc) is 3.12. The van der Waals surface area contributed by atoms with Gasteiger partial charge in [0.25, 0.3) is 0 Å². The first kappa shape index (κ1) is 53.2. The monoisotopic (exact) mass is 788 g/mol. The Hall–Kier alpha value is -0.760. The molecular formula is C45H92N2O6P+. The minimum Gasteiger partial charge on any atom is -0.387 e. The van der Waals surface area contributed by atoms with Crippen molar-refractivity contribution in [2.75, 3.05) is 40.9 Å². The highest BCUT2D eigenvalue weighted by Gasteiger charge is 2.27. The van der Waals surface area contributed by atoms with Gasteiger partial charge < -0.3 is 19.8 Å². The standard InChI is InChI=1S/C45H91N2O6P/c1-6-8-10-12-14-16-18-19-20-21-22-23-24-25-26-27-29-31-33-35-37-39-45(49)46-43(42-53-54(50,51)52-41-40-47(3,4)5)44(48)38-36-34-32-30-28-17-15-13-11-9-7-2/h36,38,43-44,48H,6-35,37,39-42H2,1-5H3,(H-,46,49,50,51)/p+1/b38-36+/t43-,44+/m0/s1. The number of rotatable bonds is 42. The number of hydrogen-bond acceptors (Lipinski definition) is 5. The zero-order chi connectivity index (χ0) is 40.0. The molecule has 0 bridgehead atoms. The Balaban J connectivity index is 4.25. The van der Waals surface area contributed by atoms with Crippen LogP contribution in [0, 0.1) is 0 Å². The third-order valence-corrected chi connectivity index (χ3v) is 11.5. The summed E-state index contributed by atoms with van der Waals surface area (Å²) in [6.07, 6.45) is 42.8. The van der Waals surface area contributed by atoms with Gasteiger partial charge in [0.05, 0.1) is 39.9 Å². The van der Waals surface area contributed by atoms with Gasteiger partial charge in [0.2, 0.25) is 5.91 Å². The Bertz CT molecular complexity index is 896. The van der Waals surface area contributed by atoms with E-state index in [1.807, 2.05) is 27.2 Å². The van der Waals surface area contributed by atoms with Crippen molar-refractivity contribution in [3.05, 3.63) is 12.2 Å². The van der Waals surface area contributed by atoms with Crippen LogP contribution in [-0.2, 0) is 18.4 Å². The molecule has 1 amide bonds. The maximum absolute atomic E-state index is 12.9. The molecule has 0 heterocycles. The van der Waals surface area contributed by atoms with Crippen molar-refractivity contribution < 1.29 is 32.9 Å². The summed E-state index contributed by atoms with van der Waals surface area (Å²) in [4.78, 5) is 23.1. The molecule has 0 radical (unpaired) electrons. The van der Waals surface area contributed by atoms with Crippen LogP contribution in [0.2, 0.25) is 0 Å². The molecule has 0 aromatic heterocycles. The first-order valence-corrected chi connectivity index (χ1v) is 24.6. The lowest BCUT2D eigenvalue weighted by Gasteiger charge is -2.25. The van der Waals surface area contributed by atoms with Gasteiger partial charge in [-0.15, -0.1) is 0 Å². The van der Waals surface area contributed by atoms with E-state index >= 15 is 0 Å². The van der Waals surface area contributed by atoms with Crippen molar-refractivity contribution in [2.45, 2.75) is 231 Å². The number of likely N-dealkylation sites (N-methyl/N-ethyl adjacent to an activating group) is 1. The zero-order valence-corrected chi connectivity index (χ0v) is 37.4. The number of aliphatic hydroxyl groups excluding tert-OH is 1. The van der Waals surface area contributed by atoms with Gasteiger partial charge in [-0.1, -0.05) is 206 Å². The van der Waals surface area contributed by atoms with Crippen LogP contribution in [0.1, 0.15) is 219 Å². The number of carbonyl (C=O) groups is 1. The van der Waals surface area contributed by atoms with Gasteiger partial charge in [-0.3, -0.25) is 13.8 Å². The molecule has 0 aliphatic heterocycles. The van der Waals surface area contributed by atoms with E-state index in [4.69, 9.17) is 9.05 Å². The molecule has 1 unspecified atom stereocenters. The third kappa shape index (κ3) is 39.5. The number of carbonyl (C=O) groups excluding carboxylic acids is 1. The topological polar surface area (TPSA) is 105 Å². The summed E-state index contributed by atoms with van der Waals surface area (Å²) in [5.74, 6) is -0.175. The van der Waals surface area contributed by atoms with Crippen molar-refractivity contribution in [1.82, 2.24) is 5.32 Å². The van der Waals surface area contributed by atoms with Gasteiger partial charge in [0.1, 0.15) is 13.2 Å². The van der Waals surface area contributed by atoms with Gasteiger partial charge in [0, 0.05) is 6.42 Å². The number of aliphatic hydroxyl groups is 1. The Morgan fingerprint density at radius 2 is 0.981 bits per heavy atom. The highest BCUT2D eigenvalue weighted by atomic mass is 31.2. The predicted octanol–water partition coefficient (Wildman–Crippen LogP) is 12.8. The van der Waals surface area contributed by atoms with Crippen molar-refractivity contribution in [1.29, 1.82) is 0 Å². The number of allylic oxidation sites excluding steroid dienone is 1. The number of phosphoric ester groups is 1. The first-order chi connectivity index (χ1) is 26.0. The number of nitrogens with zero attached hydrogens (tertiary/aromatic N) is 1. The van der Waals surface area contributed by atoms with Crippen molar-refractivity contribution in [3.8, 4) is 0 Å². The van der Waals surface area contributed by atoms with Gasteiger partial charge >= 0.3 is 7.82 Å². The van der Waals surface area contributed by atoms with Crippen LogP contribution in [-0.4, -0.2) is 73.4 Å². The minimum atomic E-state index is -4.33. The molecule has 0 fully saturated rings. The molecule has 0 aliphatic rings. The largest absolute Gasteiger partial charge is 0.472 e. The molecule has 0 saturated heterocycles. The lowest BCUT2D eigenvalue weighted by atomic mass is 10.0. The molecule has 0 rings (SSSR count). The minimum absolute atomic E-state index is 0.0645. The smallest absolute Gasteiger partial charge is 0.387 e. The second-order valence-corrected chi connectivity index (χ2v) is 18.6. The maximum atomic E-state index is 12.9. The SMILES string of the molecule is CCCCCCCCCCC/C=C/[C@@H](O)[C@H](COP(=O)(O)OCC[N+](C)(C)C)NC(=O)CCCCCCCCCCCCCCCCCCCCCCC. The lowest BCUT2D eigenvalue weighted by Crippen LogP contribution is -2.45. The molecule has 0 saturated carbocycles. The lowest BCUT2D eigenvalue weighted by molar-refractivity contribution is -0.870. The van der Waals surface area contributed by atoms with Gasteiger partial charge in [-0.25, -0.2) is 4.57 Å². The first-order valence-electron chi connectivity index (χ1n) is 23.1. The number of nitrogens with one attached hydrogen (secondary N) is 1. The number of phosphoric acid groups is 1. The number of amides is 1. The maximum Gasteiger partial charge on any atom is 0.472 e. The molecule has 9 heteroatoms. The van der Waals surface area contributed by atoms with E-state index in [1.54, 1.807) is 6.08 Å². The van der Waals surface area contributed by atoms with Crippen molar-refractivity contribution >= 4 is 13.7 Å². The Morgan fingerprint density at radius 3 is 1.37 bits per heavy atom. The summed E-state index contributed by atoms with van der Waals surface area (Å²) in [6, 6.07) is -0.839. The highest BCUT2D eigenvalue weighted by molar-refractivity contribution is 7.47. The van der Waals surface area contributed by atoms with E-state index in [9.17, 15) is 19.4 Å². The van der Waals surface area contributed by atoms with Gasteiger partial charge in [-0.05, 0) is 19.3 Å². The fourth-order valence-electron chi connectivity index (χ4n) is 6.81. The summed E-state index contributed by atoms with van der Waals surface area (Å²) in [5.41, 5.74) is 0. The molecule has 0 aliphatic carbocycles. The zero-order valence-electron chi connectivity index (χ0n) is 36.5. The summed E-state index contributed by atoms with van der Waals surface area (Å²) < 4.78 is 23.5. The Morgan fingerprint density at radius 1 is 0.611 bits per heavy atom. The average molecular weight is 788 g/mol. The van der Waals surface area contributed by atoms with E-state index in [-0.39, 0.29) is 19.1 Å². The fraction of sp³-hybridized carbons (Fsp3) is 0.933. The summed E-state index contributed by atoms with van der Waals surface area (Å²) >= 11 is 0. The molecule has 3 atom stereocenters. The molecule has 322 valence electrons. The molecule has 0 spiro atoms. The molecule has 3 N–H and O–H groups in total. The van der Waals surface area contributed by atoms with E-state index in [0.29, 0.717) is 17.4 Å². The Labute approximate surface area is 335 Å². The number of unbranched alkanes of at least 4 members (excludes halogenated alkanes) is 29. The van der Waals surface area contributed by atoms with Crippen LogP contribution in [0.15, 0.2) is 12.2 Å². The molecule has 0 aromatic carbocycles. The van der Waals surface area contributed by atoms with Crippen LogP contribution in [0.5, 0.6) is 0 Å². The van der Waals surface area contributed by atoms with Crippen LogP contribution < -0.4 is 5.32 Å². The van der Waals surface area contributed by atoms with Crippen LogP contribution in [0.3, 0.4) is 0 Å². The summed E-state index contributed by atoms with van der Waals surface area (Å²) in [5, 5.41) is 13.8. The molecule has 8 nitrogen and oxygen atoms in total. The van der Waals surface area contributed by atoms with Crippen LogP contribution >= 0.6 is 7.82 Å². The highest BCUT2D eigenvalue weighted by Crippen LogP contribution is 2.43. The number of quaternary nitrogens is 1. The van der Waals surface area contributed by atoms with E-state index in [2.05, 4.69) is 19.2 Å². The molecule has 0 aromatic rings. The van der Waals surface area contributed by atoms with Crippen LogP contribution in [0.25, 0.3) is 0 Å². The number of hydrogen-bond donors (Lipinski definition) is 3. The van der Waals surface area contributed by atoms with Crippen LogP contribution in [0.4, 0.5) is 0 Å². The van der Waals surface area contributed by atoms with E-state index in [0.717, 1.165) is 38.5 Å². The summed E-state index contributed by atoms with van der Waals surface area (Å²) in [7, 11) is 1.58. The third-order valence-electron chi connectivity index (χ3n) is 10.5. The summed E-state index contributed by atoms with van der Waals surface area (Å²) in [6.45, 7) is 4.82. The van der Waals surface area contributed by atoms with Crippen molar-refractivity contribution in [3.63, 3.8) is 0 Å². The van der Waals surface area contributed by atoms with Crippen molar-refractivity contribution in [2.24, 2.45) is 0 Å². The predicted molar refractivity (Wildman–Crippen MR) is 231 cm³/mol. The van der Waals surface area contributed by atoms with Gasteiger partial charge in [-0.2, -0.15) is 0 Å². The second-order valence-electron chi connectivity index (χ2n) is 17.1.